The highest BCUT2D eigenvalue weighted by atomic mass is 32.1. The fourth-order valence-corrected chi connectivity index (χ4v) is 4.77. The quantitative estimate of drug-likeness (QED) is 0.616. The van der Waals surface area contributed by atoms with Crippen LogP contribution in [0.2, 0.25) is 0 Å². The number of hydrogen-bond donors (Lipinski definition) is 2. The van der Waals surface area contributed by atoms with Crippen LogP contribution in [0.1, 0.15) is 44.6 Å². The first-order valence-corrected chi connectivity index (χ1v) is 11.8. The number of likely N-dealkylation sites (tertiary alicyclic amines) is 1. The van der Waals surface area contributed by atoms with Crippen molar-refractivity contribution in [3.05, 3.63) is 47.3 Å². The van der Waals surface area contributed by atoms with Gasteiger partial charge in [0.25, 0.3) is 0 Å². The molecule has 7 heteroatoms. The van der Waals surface area contributed by atoms with Crippen molar-refractivity contribution in [3.63, 3.8) is 0 Å². The van der Waals surface area contributed by atoms with Crippen molar-refractivity contribution >= 4 is 29.1 Å². The monoisotopic (exact) mass is 442 g/mol. The van der Waals surface area contributed by atoms with Gasteiger partial charge in [0.1, 0.15) is 6.04 Å². The molecule has 1 fully saturated rings. The number of carboxylic acids is 1. The second kappa shape index (κ2) is 11.1. The van der Waals surface area contributed by atoms with E-state index in [1.807, 2.05) is 25.1 Å². The summed E-state index contributed by atoms with van der Waals surface area (Å²) in [5, 5.41) is 14.0. The molecule has 2 N–H and O–H groups in total. The van der Waals surface area contributed by atoms with Crippen molar-refractivity contribution in [1.29, 1.82) is 0 Å². The fourth-order valence-electron chi connectivity index (χ4n) is 4.04. The van der Waals surface area contributed by atoms with Crippen LogP contribution in [-0.4, -0.2) is 46.9 Å². The molecule has 1 aromatic heterocycles. The van der Waals surface area contributed by atoms with E-state index in [0.717, 1.165) is 18.4 Å². The first kappa shape index (κ1) is 23.0. The van der Waals surface area contributed by atoms with Crippen molar-refractivity contribution in [2.24, 2.45) is 5.92 Å². The number of aryl methyl sites for hydroxylation is 1. The number of amides is 2. The minimum atomic E-state index is -0.830. The molecule has 2 heterocycles. The maximum atomic E-state index is 12.9. The molecule has 2 aromatic rings. The molecule has 2 atom stereocenters. The van der Waals surface area contributed by atoms with Crippen LogP contribution in [0.5, 0.6) is 0 Å². The molecule has 1 aliphatic heterocycles. The average molecular weight is 443 g/mol. The molecule has 0 radical (unpaired) electrons. The number of benzene rings is 1. The third-order valence-corrected chi connectivity index (χ3v) is 6.65. The molecule has 166 valence electrons. The number of nitrogens with zero attached hydrogens (tertiary/aromatic N) is 1. The van der Waals surface area contributed by atoms with Gasteiger partial charge in [0, 0.05) is 30.8 Å². The Hall–Kier alpha value is -2.67. The fraction of sp³-hybridized carbons (Fsp3) is 0.458. The molecular weight excluding hydrogens is 412 g/mol. The van der Waals surface area contributed by atoms with Crippen LogP contribution in [-0.2, 0) is 20.8 Å². The number of carbonyl (C=O) groups excluding carboxylic acids is 2. The lowest BCUT2D eigenvalue weighted by atomic mass is 9.94. The Bertz CT molecular complexity index is 879. The lowest BCUT2D eigenvalue weighted by Gasteiger charge is -2.34. The highest BCUT2D eigenvalue weighted by molar-refractivity contribution is 7.13. The Morgan fingerprint density at radius 1 is 1.23 bits per heavy atom. The first-order chi connectivity index (χ1) is 15.0. The predicted octanol–water partition coefficient (Wildman–Crippen LogP) is 3.96. The SMILES string of the molecule is CC[C@H](NC(=O)CCc1ccc(-c2cccs2)cc1)C(=O)N1CCCC(CC(=O)O)C1. The molecule has 1 aliphatic rings. The summed E-state index contributed by atoms with van der Waals surface area (Å²) in [5.74, 6) is -1.09. The van der Waals surface area contributed by atoms with Crippen LogP contribution >= 0.6 is 11.3 Å². The molecule has 1 saturated heterocycles. The zero-order valence-electron chi connectivity index (χ0n) is 17.9. The normalized spacial score (nSPS) is 17.2. The summed E-state index contributed by atoms with van der Waals surface area (Å²) < 4.78 is 0. The Labute approximate surface area is 187 Å². The van der Waals surface area contributed by atoms with E-state index < -0.39 is 12.0 Å². The lowest BCUT2D eigenvalue weighted by molar-refractivity contribution is -0.142. The van der Waals surface area contributed by atoms with E-state index >= 15 is 0 Å². The first-order valence-electron chi connectivity index (χ1n) is 10.9. The van der Waals surface area contributed by atoms with Crippen LogP contribution in [0.25, 0.3) is 10.4 Å². The summed E-state index contributed by atoms with van der Waals surface area (Å²) in [7, 11) is 0. The van der Waals surface area contributed by atoms with Gasteiger partial charge in [-0.2, -0.15) is 0 Å². The molecular formula is C24H30N2O4S. The van der Waals surface area contributed by atoms with Gasteiger partial charge < -0.3 is 15.3 Å². The maximum absolute atomic E-state index is 12.9. The number of rotatable bonds is 9. The van der Waals surface area contributed by atoms with E-state index in [4.69, 9.17) is 5.11 Å². The van der Waals surface area contributed by atoms with Crippen LogP contribution in [0.15, 0.2) is 41.8 Å². The Kier molecular flexibility index (Phi) is 8.23. The van der Waals surface area contributed by atoms with Crippen LogP contribution in [0.4, 0.5) is 0 Å². The Morgan fingerprint density at radius 3 is 2.65 bits per heavy atom. The summed E-state index contributed by atoms with van der Waals surface area (Å²) in [6, 6.07) is 11.8. The molecule has 2 amide bonds. The van der Waals surface area contributed by atoms with Gasteiger partial charge in [-0.15, -0.1) is 11.3 Å². The zero-order valence-corrected chi connectivity index (χ0v) is 18.7. The minimum absolute atomic E-state index is 0.0134. The highest BCUT2D eigenvalue weighted by Gasteiger charge is 2.29. The Balaban J connectivity index is 1.49. The van der Waals surface area contributed by atoms with Crippen molar-refractivity contribution in [2.45, 2.75) is 51.5 Å². The third kappa shape index (κ3) is 6.66. The summed E-state index contributed by atoms with van der Waals surface area (Å²) >= 11 is 1.70. The van der Waals surface area contributed by atoms with Gasteiger partial charge in [-0.05, 0) is 54.2 Å². The van der Waals surface area contributed by atoms with Gasteiger partial charge in [0.05, 0.1) is 0 Å². The van der Waals surface area contributed by atoms with Gasteiger partial charge in [0.15, 0.2) is 0 Å². The number of piperidine rings is 1. The summed E-state index contributed by atoms with van der Waals surface area (Å²) in [6.45, 7) is 2.96. The van der Waals surface area contributed by atoms with E-state index in [9.17, 15) is 14.4 Å². The summed E-state index contributed by atoms with van der Waals surface area (Å²) in [5.41, 5.74) is 2.25. The van der Waals surface area contributed by atoms with Gasteiger partial charge in [-0.1, -0.05) is 37.3 Å². The zero-order chi connectivity index (χ0) is 22.2. The van der Waals surface area contributed by atoms with E-state index in [1.54, 1.807) is 16.2 Å². The number of thiophene rings is 1. The molecule has 0 saturated carbocycles. The van der Waals surface area contributed by atoms with E-state index in [1.165, 1.54) is 10.4 Å². The van der Waals surface area contributed by atoms with Gasteiger partial charge in [-0.25, -0.2) is 0 Å². The molecule has 0 bridgehead atoms. The standard InChI is InChI=1S/C24H30N2O4S/c1-2-20(24(30)26-13-3-5-18(16-26)15-23(28)29)25-22(27)12-9-17-7-10-19(11-8-17)21-6-4-14-31-21/h4,6-8,10-11,14,18,20H,2-3,5,9,12-13,15-16H2,1H3,(H,25,27)(H,28,29)/t18?,20-/m0/s1. The largest absolute Gasteiger partial charge is 0.481 e. The van der Waals surface area contributed by atoms with E-state index in [2.05, 4.69) is 28.9 Å². The van der Waals surface area contributed by atoms with Crippen molar-refractivity contribution in [1.82, 2.24) is 10.2 Å². The molecule has 1 unspecified atom stereocenters. The van der Waals surface area contributed by atoms with Crippen LogP contribution in [0.3, 0.4) is 0 Å². The molecule has 0 aliphatic carbocycles. The third-order valence-electron chi connectivity index (χ3n) is 5.74. The minimum Gasteiger partial charge on any atom is -0.481 e. The van der Waals surface area contributed by atoms with E-state index in [0.29, 0.717) is 32.4 Å². The van der Waals surface area contributed by atoms with Gasteiger partial charge >= 0.3 is 5.97 Å². The number of carbonyl (C=O) groups is 3. The van der Waals surface area contributed by atoms with Crippen molar-refractivity contribution in [3.8, 4) is 10.4 Å². The van der Waals surface area contributed by atoms with E-state index in [-0.39, 0.29) is 24.2 Å². The Morgan fingerprint density at radius 2 is 2.00 bits per heavy atom. The van der Waals surface area contributed by atoms with Gasteiger partial charge in [0.2, 0.25) is 11.8 Å². The molecule has 0 spiro atoms. The second-order valence-electron chi connectivity index (χ2n) is 8.09. The summed E-state index contributed by atoms with van der Waals surface area (Å²) in [6.07, 6.45) is 3.16. The number of nitrogens with one attached hydrogen (secondary N) is 1. The van der Waals surface area contributed by atoms with Crippen LogP contribution in [0, 0.1) is 5.92 Å². The second-order valence-corrected chi connectivity index (χ2v) is 9.04. The van der Waals surface area contributed by atoms with Crippen molar-refractivity contribution in [2.75, 3.05) is 13.1 Å². The molecule has 3 rings (SSSR count). The lowest BCUT2D eigenvalue weighted by Crippen LogP contribution is -2.51. The highest BCUT2D eigenvalue weighted by Crippen LogP contribution is 2.25. The predicted molar refractivity (Wildman–Crippen MR) is 122 cm³/mol. The number of carboxylic acid groups (broad SMARTS) is 1. The molecule has 1 aromatic carbocycles. The van der Waals surface area contributed by atoms with Gasteiger partial charge in [-0.3, -0.25) is 14.4 Å². The average Bonchev–Trinajstić information content (AvgIpc) is 3.30. The molecule has 31 heavy (non-hydrogen) atoms. The maximum Gasteiger partial charge on any atom is 0.303 e. The number of aliphatic carboxylic acids is 1. The van der Waals surface area contributed by atoms with Crippen LogP contribution < -0.4 is 5.32 Å². The number of hydrogen-bond acceptors (Lipinski definition) is 4. The van der Waals surface area contributed by atoms with Crippen molar-refractivity contribution < 1.29 is 19.5 Å². The topological polar surface area (TPSA) is 86.7 Å². The summed E-state index contributed by atoms with van der Waals surface area (Å²) in [4.78, 5) is 39.3. The smallest absolute Gasteiger partial charge is 0.303 e. The molecule has 6 nitrogen and oxygen atoms in total.